The summed E-state index contributed by atoms with van der Waals surface area (Å²) in [6.07, 6.45) is 0.940. The van der Waals surface area contributed by atoms with E-state index in [1.54, 1.807) is 26.0 Å². The van der Waals surface area contributed by atoms with Crippen LogP contribution >= 0.6 is 0 Å². The van der Waals surface area contributed by atoms with Crippen LogP contribution in [0.3, 0.4) is 0 Å². The average Bonchev–Trinajstić information content (AvgIpc) is 2.52. The largest absolute Gasteiger partial charge is 0.452 e. The van der Waals surface area contributed by atoms with Gasteiger partial charge in [-0.05, 0) is 24.3 Å². The maximum absolute atomic E-state index is 12.3. The highest BCUT2D eigenvalue weighted by molar-refractivity contribution is 7.90. The number of fused-ring (bicyclic) bond motifs is 1. The van der Waals surface area contributed by atoms with Crippen LogP contribution in [0.2, 0.25) is 0 Å². The number of sulfone groups is 1. The topological polar surface area (TPSA) is 122 Å². The van der Waals surface area contributed by atoms with Gasteiger partial charge in [-0.25, -0.2) is 13.2 Å². The molecule has 0 atom stereocenters. The zero-order chi connectivity index (χ0) is 20.0. The highest BCUT2D eigenvalue weighted by Gasteiger charge is 2.36. The highest BCUT2D eigenvalue weighted by atomic mass is 32.2. The molecule has 2 aromatic rings. The fraction of sp³-hybridized carbons (Fsp3) is 0.235. The van der Waals surface area contributed by atoms with E-state index in [1.165, 1.54) is 12.1 Å². The lowest BCUT2D eigenvalue weighted by Gasteiger charge is -2.32. The van der Waals surface area contributed by atoms with E-state index in [-0.39, 0.29) is 27.7 Å². The number of hydrogen-bond acceptors (Lipinski definition) is 8. The van der Waals surface area contributed by atoms with Crippen LogP contribution in [-0.4, -0.2) is 31.4 Å². The van der Waals surface area contributed by atoms with E-state index in [4.69, 9.17) is 14.2 Å². The second-order valence-electron chi connectivity index (χ2n) is 6.28. The van der Waals surface area contributed by atoms with E-state index >= 15 is 0 Å². The lowest BCUT2D eigenvalue weighted by Crippen LogP contribution is -2.38. The average molecular weight is 393 g/mol. The van der Waals surface area contributed by atoms with Crippen LogP contribution in [0, 0.1) is 10.1 Å². The van der Waals surface area contributed by atoms with Crippen LogP contribution < -0.4 is 9.47 Å². The number of carbonyl (C=O) groups excluding carboxylic acids is 1. The maximum Gasteiger partial charge on any atom is 0.349 e. The molecule has 0 amide bonds. The SMILES string of the molecule is CC1(C)OC(=O)c2c(Oc3ccc(S(C)(=O)=O)cc3[N+](=O)[O-])cccc2O1. The van der Waals surface area contributed by atoms with E-state index < -0.39 is 32.2 Å². The van der Waals surface area contributed by atoms with E-state index in [0.717, 1.165) is 18.4 Å². The predicted molar refractivity (Wildman–Crippen MR) is 92.8 cm³/mol. The minimum Gasteiger partial charge on any atom is -0.452 e. The molecule has 2 aromatic carbocycles. The van der Waals surface area contributed by atoms with Gasteiger partial charge in [-0.1, -0.05) is 6.07 Å². The number of ether oxygens (including phenoxy) is 3. The molecule has 0 saturated carbocycles. The Bertz CT molecular complexity index is 1060. The molecule has 0 fully saturated rings. The Kier molecular flexibility index (Phi) is 4.31. The lowest BCUT2D eigenvalue weighted by molar-refractivity contribution is -0.385. The fourth-order valence-electron chi connectivity index (χ4n) is 2.52. The number of esters is 1. The van der Waals surface area contributed by atoms with Crippen molar-refractivity contribution < 1.29 is 32.3 Å². The lowest BCUT2D eigenvalue weighted by atomic mass is 10.1. The van der Waals surface area contributed by atoms with Gasteiger partial charge in [-0.15, -0.1) is 0 Å². The molecule has 0 saturated heterocycles. The summed E-state index contributed by atoms with van der Waals surface area (Å²) in [5.74, 6) is -1.88. The third-order valence-electron chi connectivity index (χ3n) is 3.66. The summed E-state index contributed by atoms with van der Waals surface area (Å²) >= 11 is 0. The number of benzene rings is 2. The van der Waals surface area contributed by atoms with Crippen molar-refractivity contribution in [2.75, 3.05) is 6.26 Å². The first-order chi connectivity index (χ1) is 12.5. The van der Waals surface area contributed by atoms with Crippen molar-refractivity contribution >= 4 is 21.5 Å². The molecule has 142 valence electrons. The Morgan fingerprint density at radius 3 is 2.44 bits per heavy atom. The van der Waals surface area contributed by atoms with Crippen molar-refractivity contribution in [1.82, 2.24) is 0 Å². The Hall–Kier alpha value is -3.14. The first kappa shape index (κ1) is 18.6. The smallest absolute Gasteiger partial charge is 0.349 e. The highest BCUT2D eigenvalue weighted by Crippen LogP contribution is 2.40. The normalized spacial score (nSPS) is 15.3. The third kappa shape index (κ3) is 3.70. The first-order valence-corrected chi connectivity index (χ1v) is 9.59. The van der Waals surface area contributed by atoms with Gasteiger partial charge >= 0.3 is 11.7 Å². The molecule has 0 spiro atoms. The molecule has 1 aliphatic rings. The number of rotatable bonds is 4. The van der Waals surface area contributed by atoms with Gasteiger partial charge in [0, 0.05) is 26.2 Å². The number of nitrogens with zero attached hydrogens (tertiary/aromatic N) is 1. The van der Waals surface area contributed by atoms with E-state index in [2.05, 4.69) is 0 Å². The summed E-state index contributed by atoms with van der Waals surface area (Å²) in [4.78, 5) is 22.7. The van der Waals surface area contributed by atoms with Crippen molar-refractivity contribution in [2.24, 2.45) is 0 Å². The molecule has 0 N–H and O–H groups in total. The van der Waals surface area contributed by atoms with Crippen LogP contribution in [0.5, 0.6) is 17.2 Å². The zero-order valence-corrected chi connectivity index (χ0v) is 15.4. The van der Waals surface area contributed by atoms with Gasteiger partial charge in [0.15, 0.2) is 9.84 Å². The number of nitro groups is 1. The van der Waals surface area contributed by atoms with Crippen molar-refractivity contribution in [3.63, 3.8) is 0 Å². The van der Waals surface area contributed by atoms with Crippen molar-refractivity contribution in [3.05, 3.63) is 52.1 Å². The summed E-state index contributed by atoms with van der Waals surface area (Å²) < 4.78 is 39.6. The molecule has 9 nitrogen and oxygen atoms in total. The molecule has 0 radical (unpaired) electrons. The Morgan fingerprint density at radius 1 is 1.11 bits per heavy atom. The molecule has 0 unspecified atom stereocenters. The van der Waals surface area contributed by atoms with E-state index in [1.807, 2.05) is 0 Å². The summed E-state index contributed by atoms with van der Waals surface area (Å²) in [5.41, 5.74) is -0.570. The second-order valence-corrected chi connectivity index (χ2v) is 8.30. The third-order valence-corrected chi connectivity index (χ3v) is 4.77. The van der Waals surface area contributed by atoms with Gasteiger partial charge in [-0.3, -0.25) is 10.1 Å². The molecule has 1 heterocycles. The quantitative estimate of drug-likeness (QED) is 0.441. The molecule has 10 heteroatoms. The summed E-state index contributed by atoms with van der Waals surface area (Å²) in [6, 6.07) is 7.77. The van der Waals surface area contributed by atoms with Gasteiger partial charge in [-0.2, -0.15) is 0 Å². The molecule has 27 heavy (non-hydrogen) atoms. The maximum atomic E-state index is 12.3. The van der Waals surface area contributed by atoms with E-state index in [9.17, 15) is 23.3 Å². The molecule has 1 aliphatic heterocycles. The Labute approximate surface area is 154 Å². The summed E-state index contributed by atoms with van der Waals surface area (Å²) in [7, 11) is -3.64. The summed E-state index contributed by atoms with van der Waals surface area (Å²) in [6.45, 7) is 3.13. The van der Waals surface area contributed by atoms with Crippen molar-refractivity contribution in [2.45, 2.75) is 24.5 Å². The molecule has 0 aliphatic carbocycles. The van der Waals surface area contributed by atoms with Crippen LogP contribution in [-0.2, 0) is 14.6 Å². The van der Waals surface area contributed by atoms with Crippen molar-refractivity contribution in [3.8, 4) is 17.2 Å². The van der Waals surface area contributed by atoms with Gasteiger partial charge < -0.3 is 14.2 Å². The minimum atomic E-state index is -3.64. The van der Waals surface area contributed by atoms with Gasteiger partial charge in [0.1, 0.15) is 17.1 Å². The standard InChI is InChI=1S/C17H15NO8S/c1-17(2)25-14-6-4-5-13(15(14)16(19)26-17)24-12-8-7-10(27(3,22)23)9-11(12)18(20)21/h4-9H,1-3H3. The van der Waals surface area contributed by atoms with Crippen LogP contribution in [0.25, 0.3) is 0 Å². The summed E-state index contributed by atoms with van der Waals surface area (Å²) in [5, 5.41) is 11.3. The monoisotopic (exact) mass is 393 g/mol. The molecular formula is C17H15NO8S. The first-order valence-electron chi connectivity index (χ1n) is 7.70. The minimum absolute atomic E-state index is 0.0109. The Balaban J connectivity index is 2.07. The van der Waals surface area contributed by atoms with Gasteiger partial charge in [0.05, 0.1) is 9.82 Å². The van der Waals surface area contributed by atoms with Crippen LogP contribution in [0.15, 0.2) is 41.3 Å². The Morgan fingerprint density at radius 2 is 1.81 bits per heavy atom. The second kappa shape index (κ2) is 6.23. The van der Waals surface area contributed by atoms with Crippen LogP contribution in [0.1, 0.15) is 24.2 Å². The van der Waals surface area contributed by atoms with Gasteiger partial charge in [0.25, 0.3) is 0 Å². The van der Waals surface area contributed by atoms with E-state index in [0.29, 0.717) is 0 Å². The number of carbonyl (C=O) groups is 1. The van der Waals surface area contributed by atoms with Crippen LogP contribution in [0.4, 0.5) is 5.69 Å². The predicted octanol–water partition coefficient (Wildman–Crippen LogP) is 3.08. The van der Waals surface area contributed by atoms with Crippen molar-refractivity contribution in [1.29, 1.82) is 0 Å². The van der Waals surface area contributed by atoms with Gasteiger partial charge in [0.2, 0.25) is 11.5 Å². The molecule has 3 rings (SSSR count). The number of hydrogen-bond donors (Lipinski definition) is 0. The fourth-order valence-corrected chi connectivity index (χ4v) is 3.16. The number of nitro benzene ring substituents is 1. The molecule has 0 aromatic heterocycles. The molecular weight excluding hydrogens is 378 g/mol. The number of cyclic esters (lactones) is 1. The zero-order valence-electron chi connectivity index (χ0n) is 14.6. The molecule has 0 bridgehead atoms.